The van der Waals surface area contributed by atoms with Crippen molar-refractivity contribution in [2.75, 3.05) is 0 Å². The summed E-state index contributed by atoms with van der Waals surface area (Å²) in [6, 6.07) is 0. The molecule has 0 unspecified atom stereocenters. The number of fused-ring (bicyclic) bond motifs is 5. The summed E-state index contributed by atoms with van der Waals surface area (Å²) in [7, 11) is 0. The zero-order valence-corrected chi connectivity index (χ0v) is 14.6. The van der Waals surface area contributed by atoms with Gasteiger partial charge in [0.05, 0.1) is 6.10 Å². The number of hydrogen-bond acceptors (Lipinski definition) is 2. The number of aliphatic hydroxyl groups is 1. The molecule has 2 heteroatoms. The molecule has 0 aromatic heterocycles. The number of carbonyl (C=O) groups is 1. The van der Waals surface area contributed by atoms with Gasteiger partial charge in [-0.05, 0) is 67.6 Å². The van der Waals surface area contributed by atoms with Gasteiger partial charge in [0.25, 0.3) is 0 Å². The van der Waals surface area contributed by atoms with E-state index in [9.17, 15) is 9.90 Å². The van der Waals surface area contributed by atoms with Crippen LogP contribution < -0.4 is 0 Å². The fraction of sp³-hybridized carbons (Fsp3) is 0.762. The molecule has 0 aromatic carbocycles. The van der Waals surface area contributed by atoms with Gasteiger partial charge in [-0.2, -0.15) is 0 Å². The summed E-state index contributed by atoms with van der Waals surface area (Å²) in [6.07, 6.45) is 11.3. The summed E-state index contributed by atoms with van der Waals surface area (Å²) >= 11 is 0. The number of rotatable bonds is 1. The van der Waals surface area contributed by atoms with E-state index in [0.717, 1.165) is 44.9 Å². The van der Waals surface area contributed by atoms with Gasteiger partial charge in [0.1, 0.15) is 5.78 Å². The fourth-order valence-corrected chi connectivity index (χ4v) is 6.71. The summed E-state index contributed by atoms with van der Waals surface area (Å²) in [6.45, 7) is 8.78. The summed E-state index contributed by atoms with van der Waals surface area (Å²) in [5.41, 5.74) is 1.62. The van der Waals surface area contributed by atoms with Gasteiger partial charge in [0, 0.05) is 11.8 Å². The first-order valence-corrected chi connectivity index (χ1v) is 9.45. The van der Waals surface area contributed by atoms with Crippen molar-refractivity contribution < 1.29 is 9.90 Å². The molecule has 2 nitrogen and oxygen atoms in total. The molecule has 7 atom stereocenters. The van der Waals surface area contributed by atoms with E-state index in [4.69, 9.17) is 0 Å². The fourth-order valence-electron chi connectivity index (χ4n) is 6.71. The summed E-state index contributed by atoms with van der Waals surface area (Å²) in [4.78, 5) is 12.5. The molecule has 0 aliphatic heterocycles. The Balaban J connectivity index is 1.78. The standard InChI is InChI=1S/C21H30O2/c1-4-13-11-14-12-15(22)7-9-20(14,2)17-8-10-21(3)16(19(13)17)5-6-18(21)23/h4,11,13,15-17,19,22H,1,5-10,12H2,2-3H3/t13-,15-,16-,17-,19-,20-,21-/m0/s1. The van der Waals surface area contributed by atoms with Crippen LogP contribution in [0.3, 0.4) is 0 Å². The number of carbonyl (C=O) groups excluding carboxylic acids is 1. The maximum absolute atomic E-state index is 12.5. The smallest absolute Gasteiger partial charge is 0.139 e. The number of allylic oxidation sites excluding steroid dienone is 2. The van der Waals surface area contributed by atoms with Gasteiger partial charge in [-0.15, -0.1) is 6.58 Å². The maximum Gasteiger partial charge on any atom is 0.139 e. The Morgan fingerprint density at radius 3 is 2.61 bits per heavy atom. The van der Waals surface area contributed by atoms with Gasteiger partial charge >= 0.3 is 0 Å². The van der Waals surface area contributed by atoms with Crippen LogP contribution in [0.1, 0.15) is 58.8 Å². The van der Waals surface area contributed by atoms with Gasteiger partial charge < -0.3 is 5.11 Å². The number of ketones is 1. The molecule has 4 aliphatic carbocycles. The van der Waals surface area contributed by atoms with E-state index < -0.39 is 0 Å². The van der Waals surface area contributed by atoms with Gasteiger partial charge in [0.15, 0.2) is 0 Å². The van der Waals surface area contributed by atoms with Crippen molar-refractivity contribution in [2.45, 2.75) is 64.9 Å². The van der Waals surface area contributed by atoms with E-state index in [1.807, 2.05) is 0 Å². The van der Waals surface area contributed by atoms with E-state index in [2.05, 4.69) is 32.6 Å². The minimum Gasteiger partial charge on any atom is -0.393 e. The summed E-state index contributed by atoms with van der Waals surface area (Å²) in [5.74, 6) is 2.63. The van der Waals surface area contributed by atoms with Crippen molar-refractivity contribution in [3.63, 3.8) is 0 Å². The van der Waals surface area contributed by atoms with E-state index in [1.165, 1.54) is 5.57 Å². The highest BCUT2D eigenvalue weighted by molar-refractivity contribution is 5.87. The predicted molar refractivity (Wildman–Crippen MR) is 91.8 cm³/mol. The Morgan fingerprint density at radius 1 is 1.17 bits per heavy atom. The minimum absolute atomic E-state index is 0.0850. The SMILES string of the molecule is C=C[C@H]1C=C2C[C@@H](O)CC[C@]2(C)[C@H]2CC[C@]3(C)C(=O)CC[C@H]3[C@H]12. The molecule has 0 heterocycles. The number of aliphatic hydroxyl groups excluding tert-OH is 1. The molecule has 0 radical (unpaired) electrons. The highest BCUT2D eigenvalue weighted by Crippen LogP contribution is 2.65. The van der Waals surface area contributed by atoms with Crippen molar-refractivity contribution in [2.24, 2.45) is 34.5 Å². The Labute approximate surface area is 140 Å². The molecule has 4 rings (SSSR count). The van der Waals surface area contributed by atoms with Crippen LogP contribution in [0.15, 0.2) is 24.3 Å². The van der Waals surface area contributed by atoms with Crippen LogP contribution in [0.5, 0.6) is 0 Å². The third-order valence-corrected chi connectivity index (χ3v) is 8.16. The Morgan fingerprint density at radius 2 is 1.87 bits per heavy atom. The largest absolute Gasteiger partial charge is 0.393 e. The lowest BCUT2D eigenvalue weighted by molar-refractivity contribution is -0.132. The molecular weight excluding hydrogens is 284 g/mol. The summed E-state index contributed by atoms with van der Waals surface area (Å²) in [5, 5.41) is 10.1. The molecule has 1 N–H and O–H groups in total. The molecule has 0 bridgehead atoms. The lowest BCUT2D eigenvalue weighted by atomic mass is 9.46. The molecule has 0 aromatic rings. The van der Waals surface area contributed by atoms with Crippen LogP contribution in [0, 0.1) is 34.5 Å². The van der Waals surface area contributed by atoms with Crippen LogP contribution in [-0.4, -0.2) is 17.0 Å². The number of hydrogen-bond donors (Lipinski definition) is 1. The normalized spacial score (nSPS) is 52.2. The van der Waals surface area contributed by atoms with Crippen LogP contribution in [0.4, 0.5) is 0 Å². The van der Waals surface area contributed by atoms with Crippen molar-refractivity contribution in [3.05, 3.63) is 24.3 Å². The highest BCUT2D eigenvalue weighted by Gasteiger charge is 2.60. The first-order chi connectivity index (χ1) is 10.9. The van der Waals surface area contributed by atoms with E-state index in [0.29, 0.717) is 29.5 Å². The molecule has 3 saturated carbocycles. The Kier molecular flexibility index (Phi) is 3.43. The lowest BCUT2D eigenvalue weighted by Gasteiger charge is -2.58. The first kappa shape index (κ1) is 15.6. The molecule has 0 spiro atoms. The zero-order valence-electron chi connectivity index (χ0n) is 14.6. The second-order valence-electron chi connectivity index (χ2n) is 9.03. The lowest BCUT2D eigenvalue weighted by Crippen LogP contribution is -2.52. The number of Topliss-reactive ketones (excluding diaryl/α,β-unsaturated/α-hetero) is 1. The van der Waals surface area contributed by atoms with Gasteiger partial charge in [-0.25, -0.2) is 0 Å². The zero-order chi connectivity index (χ0) is 16.4. The van der Waals surface area contributed by atoms with E-state index >= 15 is 0 Å². The molecular formula is C21H30O2. The van der Waals surface area contributed by atoms with Crippen molar-refractivity contribution in [1.29, 1.82) is 0 Å². The quantitative estimate of drug-likeness (QED) is 0.733. The molecule has 0 saturated heterocycles. The molecule has 3 fully saturated rings. The van der Waals surface area contributed by atoms with Crippen LogP contribution in [-0.2, 0) is 4.79 Å². The monoisotopic (exact) mass is 314 g/mol. The minimum atomic E-state index is -0.168. The molecule has 0 amide bonds. The van der Waals surface area contributed by atoms with Crippen LogP contribution in [0.25, 0.3) is 0 Å². The van der Waals surface area contributed by atoms with Gasteiger partial charge in [-0.3, -0.25) is 4.79 Å². The van der Waals surface area contributed by atoms with E-state index in [1.54, 1.807) is 0 Å². The van der Waals surface area contributed by atoms with E-state index in [-0.39, 0.29) is 16.9 Å². The van der Waals surface area contributed by atoms with Crippen LogP contribution in [0.2, 0.25) is 0 Å². The second kappa shape index (κ2) is 5.05. The maximum atomic E-state index is 12.5. The average Bonchev–Trinajstić information content (AvgIpc) is 2.83. The van der Waals surface area contributed by atoms with Crippen molar-refractivity contribution in [1.82, 2.24) is 0 Å². The Bertz CT molecular complexity index is 576. The Hall–Kier alpha value is -0.890. The average molecular weight is 314 g/mol. The third kappa shape index (κ3) is 2.00. The van der Waals surface area contributed by atoms with Gasteiger partial charge in [-0.1, -0.05) is 31.6 Å². The highest BCUT2D eigenvalue weighted by atomic mass is 16.3. The predicted octanol–water partition coefficient (Wildman–Crippen LogP) is 4.29. The molecule has 126 valence electrons. The second-order valence-corrected chi connectivity index (χ2v) is 9.03. The summed E-state index contributed by atoms with van der Waals surface area (Å²) < 4.78 is 0. The van der Waals surface area contributed by atoms with Gasteiger partial charge in [0.2, 0.25) is 0 Å². The van der Waals surface area contributed by atoms with Crippen molar-refractivity contribution >= 4 is 5.78 Å². The first-order valence-electron chi connectivity index (χ1n) is 9.45. The molecule has 4 aliphatic rings. The van der Waals surface area contributed by atoms with Crippen LogP contribution >= 0.6 is 0 Å². The van der Waals surface area contributed by atoms with Crippen molar-refractivity contribution in [3.8, 4) is 0 Å². The topological polar surface area (TPSA) is 37.3 Å². The third-order valence-electron chi connectivity index (χ3n) is 8.16. The molecule has 23 heavy (non-hydrogen) atoms.